The second-order valence-electron chi connectivity index (χ2n) is 18.1. The summed E-state index contributed by atoms with van der Waals surface area (Å²) in [5.74, 6) is 0. The Morgan fingerprint density at radius 1 is 0.353 bits per heavy atom. The summed E-state index contributed by atoms with van der Waals surface area (Å²) in [4.78, 5) is 12.5. The van der Waals surface area contributed by atoms with Crippen LogP contribution in [0, 0.1) is 27.7 Å². The Hall–Kier alpha value is -8.60. The Morgan fingerprint density at radius 3 is 1.28 bits per heavy atom. The van der Waals surface area contributed by atoms with E-state index in [0.717, 1.165) is 67.5 Å². The number of hydrogen-bond donors (Lipinski definition) is 0. The van der Waals surface area contributed by atoms with Gasteiger partial charge in [-0.1, -0.05) is 133 Å². The van der Waals surface area contributed by atoms with Crippen LogP contribution >= 0.6 is 0 Å². The van der Waals surface area contributed by atoms with Gasteiger partial charge >= 0.3 is 0 Å². The fraction of sp³-hybridized carbons (Fsp3) is 0.0625. The average molecular weight is 873 g/mol. The number of aryl methyl sites for hydroxylation is 4. The van der Waals surface area contributed by atoms with E-state index in [9.17, 15) is 0 Å². The minimum Gasteiger partial charge on any atom is -0.310 e. The SMILES string of the molecule is Cc1cnc(-c2cccc(N(c3cccc(-c4cc(-c5ccc6ccccc6c5)c(C)cn4)c3)c3c(C)cc(-n4c5ccccc5c5ccccc54)cc3C)c2)cc1-c1ccc2ccccc2c1. The first-order valence-corrected chi connectivity index (χ1v) is 23.4. The van der Waals surface area contributed by atoms with Crippen LogP contribution in [0.5, 0.6) is 0 Å². The van der Waals surface area contributed by atoms with E-state index in [1.807, 2.05) is 12.4 Å². The van der Waals surface area contributed by atoms with Crippen LogP contribution in [0.25, 0.3) is 93.8 Å². The Balaban J connectivity index is 1.01. The van der Waals surface area contributed by atoms with E-state index in [4.69, 9.17) is 9.97 Å². The van der Waals surface area contributed by atoms with Crippen LogP contribution in [-0.4, -0.2) is 14.5 Å². The van der Waals surface area contributed by atoms with E-state index < -0.39 is 0 Å². The molecule has 0 aliphatic carbocycles. The number of rotatable bonds is 8. The summed E-state index contributed by atoms with van der Waals surface area (Å²) in [6, 6.07) is 74.8. The van der Waals surface area contributed by atoms with Gasteiger partial charge in [0, 0.05) is 51.4 Å². The van der Waals surface area contributed by atoms with Crippen molar-refractivity contribution < 1.29 is 0 Å². The first-order valence-electron chi connectivity index (χ1n) is 23.4. The van der Waals surface area contributed by atoms with Crippen molar-refractivity contribution in [3.63, 3.8) is 0 Å². The minimum atomic E-state index is 0.926. The highest BCUT2D eigenvalue weighted by atomic mass is 15.1. The molecule has 3 aromatic heterocycles. The fourth-order valence-electron chi connectivity index (χ4n) is 10.3. The summed E-state index contributed by atoms with van der Waals surface area (Å²) in [5, 5.41) is 7.42. The lowest BCUT2D eigenvalue weighted by Crippen LogP contribution is -2.14. The highest BCUT2D eigenvalue weighted by Gasteiger charge is 2.22. The van der Waals surface area contributed by atoms with Crippen molar-refractivity contribution in [1.82, 2.24) is 14.5 Å². The van der Waals surface area contributed by atoms with Crippen LogP contribution in [0.2, 0.25) is 0 Å². The molecular weight excluding hydrogens is 825 g/mol. The maximum Gasteiger partial charge on any atom is 0.0709 e. The van der Waals surface area contributed by atoms with E-state index in [0.29, 0.717) is 0 Å². The molecule has 9 aromatic carbocycles. The molecule has 0 unspecified atom stereocenters. The third-order valence-corrected chi connectivity index (χ3v) is 13.7. The highest BCUT2D eigenvalue weighted by Crippen LogP contribution is 2.44. The molecule has 0 saturated heterocycles. The van der Waals surface area contributed by atoms with Gasteiger partial charge < -0.3 is 9.47 Å². The fourth-order valence-corrected chi connectivity index (χ4v) is 10.3. The number of para-hydroxylation sites is 2. The molecule has 12 aromatic rings. The molecule has 324 valence electrons. The van der Waals surface area contributed by atoms with Crippen LogP contribution in [0.1, 0.15) is 22.3 Å². The predicted molar refractivity (Wildman–Crippen MR) is 287 cm³/mol. The number of pyridine rings is 2. The van der Waals surface area contributed by atoms with Crippen molar-refractivity contribution in [1.29, 1.82) is 0 Å². The molecule has 4 heteroatoms. The van der Waals surface area contributed by atoms with Crippen LogP contribution in [0.15, 0.2) is 219 Å². The lowest BCUT2D eigenvalue weighted by atomic mass is 9.96. The summed E-state index contributed by atoms with van der Waals surface area (Å²) in [6.45, 7) is 8.79. The van der Waals surface area contributed by atoms with E-state index in [2.05, 4.69) is 243 Å². The standard InChI is InChI=1S/C64H48N4/c1-41-31-55(68-62-25-11-9-23-56(62)57-24-10-12-26-63(57)68)32-42(2)64(41)67(53-21-13-19-51(35-53)60-37-58(43(3)39-65-60)49-29-27-45-15-5-7-17-47(45)33-49)54-22-14-20-52(36-54)61-38-59(44(4)40-66-61)50-30-28-46-16-6-8-18-48(46)34-50/h5-40H,1-4H3. The van der Waals surface area contributed by atoms with Gasteiger partial charge in [0.1, 0.15) is 0 Å². The van der Waals surface area contributed by atoms with Gasteiger partial charge in [0.05, 0.1) is 28.1 Å². The van der Waals surface area contributed by atoms with Crippen molar-refractivity contribution in [2.45, 2.75) is 27.7 Å². The maximum atomic E-state index is 5.05. The number of anilines is 3. The van der Waals surface area contributed by atoms with Crippen LogP contribution in [0.4, 0.5) is 17.1 Å². The van der Waals surface area contributed by atoms with Gasteiger partial charge in [0.2, 0.25) is 0 Å². The van der Waals surface area contributed by atoms with E-state index in [1.165, 1.54) is 65.6 Å². The van der Waals surface area contributed by atoms with Gasteiger partial charge in [-0.15, -0.1) is 0 Å². The second kappa shape index (κ2) is 16.7. The molecule has 4 nitrogen and oxygen atoms in total. The first-order chi connectivity index (χ1) is 33.3. The van der Waals surface area contributed by atoms with Crippen molar-refractivity contribution in [2.75, 3.05) is 4.90 Å². The quantitative estimate of drug-likeness (QED) is 0.153. The molecule has 3 heterocycles. The predicted octanol–water partition coefficient (Wildman–Crippen LogP) is 17.3. The van der Waals surface area contributed by atoms with Gasteiger partial charge in [0.15, 0.2) is 0 Å². The zero-order valence-corrected chi connectivity index (χ0v) is 38.6. The summed E-state index contributed by atoms with van der Waals surface area (Å²) in [5.41, 5.74) is 20.0. The Morgan fingerprint density at radius 2 is 0.794 bits per heavy atom. The molecule has 0 aliphatic rings. The lowest BCUT2D eigenvalue weighted by Gasteiger charge is -2.30. The Bertz CT molecular complexity index is 3680. The molecule has 0 aliphatic heterocycles. The third-order valence-electron chi connectivity index (χ3n) is 13.7. The van der Waals surface area contributed by atoms with E-state index in [1.54, 1.807) is 0 Å². The molecule has 68 heavy (non-hydrogen) atoms. The Kier molecular flexibility index (Phi) is 10.0. The van der Waals surface area contributed by atoms with Crippen molar-refractivity contribution in [3.8, 4) is 50.5 Å². The third kappa shape index (κ3) is 7.19. The minimum absolute atomic E-state index is 0.926. The molecule has 0 N–H and O–H groups in total. The molecule has 0 saturated carbocycles. The van der Waals surface area contributed by atoms with Crippen molar-refractivity contribution >= 4 is 60.4 Å². The zero-order chi connectivity index (χ0) is 45.9. The molecule has 0 amide bonds. The summed E-state index contributed by atoms with van der Waals surface area (Å²) < 4.78 is 2.41. The number of hydrogen-bond acceptors (Lipinski definition) is 3. The van der Waals surface area contributed by atoms with E-state index in [-0.39, 0.29) is 0 Å². The molecular formula is C64H48N4. The molecule has 0 atom stereocenters. The van der Waals surface area contributed by atoms with Gasteiger partial charge in [-0.25, -0.2) is 0 Å². The van der Waals surface area contributed by atoms with Crippen molar-refractivity contribution in [3.05, 3.63) is 241 Å². The zero-order valence-electron chi connectivity index (χ0n) is 38.6. The summed E-state index contributed by atoms with van der Waals surface area (Å²) >= 11 is 0. The molecule has 0 radical (unpaired) electrons. The second-order valence-corrected chi connectivity index (χ2v) is 18.1. The lowest BCUT2D eigenvalue weighted by molar-refractivity contribution is 1.14. The number of nitrogens with zero attached hydrogens (tertiary/aromatic N) is 4. The smallest absolute Gasteiger partial charge is 0.0709 e. The van der Waals surface area contributed by atoms with Crippen LogP contribution < -0.4 is 4.90 Å². The average Bonchev–Trinajstić information content (AvgIpc) is 3.72. The topological polar surface area (TPSA) is 34.0 Å². The molecule has 12 rings (SSSR count). The Labute approximate surface area is 397 Å². The monoisotopic (exact) mass is 872 g/mol. The van der Waals surface area contributed by atoms with Gasteiger partial charge in [0.25, 0.3) is 0 Å². The molecule has 0 fully saturated rings. The number of aromatic nitrogens is 3. The first kappa shape index (κ1) is 40.9. The van der Waals surface area contributed by atoms with Gasteiger partial charge in [-0.2, -0.15) is 0 Å². The molecule has 0 spiro atoms. The van der Waals surface area contributed by atoms with Crippen LogP contribution in [-0.2, 0) is 0 Å². The number of benzene rings is 9. The molecule has 0 bridgehead atoms. The summed E-state index contributed by atoms with van der Waals surface area (Å²) in [6.07, 6.45) is 4.02. The normalized spacial score (nSPS) is 11.5. The number of fused-ring (bicyclic) bond motifs is 5. The largest absolute Gasteiger partial charge is 0.310 e. The van der Waals surface area contributed by atoms with Gasteiger partial charge in [-0.3, -0.25) is 9.97 Å². The van der Waals surface area contributed by atoms with E-state index >= 15 is 0 Å². The van der Waals surface area contributed by atoms with Gasteiger partial charge in [-0.05, 0) is 167 Å². The van der Waals surface area contributed by atoms with Crippen LogP contribution in [0.3, 0.4) is 0 Å². The van der Waals surface area contributed by atoms with Crippen molar-refractivity contribution in [2.24, 2.45) is 0 Å². The maximum absolute atomic E-state index is 5.05. The highest BCUT2D eigenvalue weighted by molar-refractivity contribution is 6.09. The summed E-state index contributed by atoms with van der Waals surface area (Å²) in [7, 11) is 0.